The molecule has 4 nitrogen and oxygen atoms in total. The summed E-state index contributed by atoms with van der Waals surface area (Å²) in [4.78, 5) is 28.9. The number of hydrogen-bond acceptors (Lipinski definition) is 2. The topological polar surface area (TPSA) is 49.4 Å². The third-order valence-corrected chi connectivity index (χ3v) is 6.00. The Bertz CT molecular complexity index is 917. The van der Waals surface area contributed by atoms with Crippen LogP contribution in [0.1, 0.15) is 72.1 Å². The molecule has 2 unspecified atom stereocenters. The minimum atomic E-state index is -0.390. The molecule has 1 heterocycles. The quantitative estimate of drug-likeness (QED) is 0.784. The van der Waals surface area contributed by atoms with Crippen LogP contribution in [0.3, 0.4) is 0 Å². The molecule has 0 saturated heterocycles. The molecular weight excluding hydrogens is 360 g/mol. The van der Waals surface area contributed by atoms with E-state index in [1.54, 1.807) is 0 Å². The predicted molar refractivity (Wildman–Crippen MR) is 115 cm³/mol. The van der Waals surface area contributed by atoms with Crippen LogP contribution < -0.4 is 5.32 Å². The molecule has 0 spiro atoms. The third kappa shape index (κ3) is 3.93. The van der Waals surface area contributed by atoms with Gasteiger partial charge in [-0.15, -0.1) is 0 Å². The maximum atomic E-state index is 13.5. The summed E-state index contributed by atoms with van der Waals surface area (Å²) in [5.41, 5.74) is 3.71. The second-order valence-corrected chi connectivity index (χ2v) is 8.84. The van der Waals surface area contributed by atoms with Crippen molar-refractivity contribution in [2.45, 2.75) is 58.0 Å². The van der Waals surface area contributed by atoms with E-state index in [-0.39, 0.29) is 23.9 Å². The van der Waals surface area contributed by atoms with Crippen LogP contribution in [0.5, 0.6) is 0 Å². The molecule has 4 heteroatoms. The maximum absolute atomic E-state index is 13.5. The number of benzene rings is 2. The van der Waals surface area contributed by atoms with E-state index < -0.39 is 5.92 Å². The lowest BCUT2D eigenvalue weighted by Gasteiger charge is -2.42. The third-order valence-electron chi connectivity index (χ3n) is 6.00. The smallest absolute Gasteiger partial charge is 0.254 e. The van der Waals surface area contributed by atoms with Crippen molar-refractivity contribution in [1.82, 2.24) is 10.2 Å². The van der Waals surface area contributed by atoms with Crippen LogP contribution in [-0.4, -0.2) is 29.3 Å². The van der Waals surface area contributed by atoms with Crippen LogP contribution >= 0.6 is 0 Å². The number of nitrogens with one attached hydrogen (secondary N) is 1. The van der Waals surface area contributed by atoms with Crippen molar-refractivity contribution in [3.63, 3.8) is 0 Å². The summed E-state index contributed by atoms with van der Waals surface area (Å²) in [6, 6.07) is 15.9. The average Bonchev–Trinajstić information content (AvgIpc) is 3.52. The van der Waals surface area contributed by atoms with E-state index in [1.807, 2.05) is 35.2 Å². The number of carbonyl (C=O) groups is 2. The van der Waals surface area contributed by atoms with Gasteiger partial charge >= 0.3 is 0 Å². The largest absolute Gasteiger partial charge is 0.355 e. The van der Waals surface area contributed by atoms with E-state index in [0.29, 0.717) is 18.0 Å². The van der Waals surface area contributed by atoms with Gasteiger partial charge < -0.3 is 10.2 Å². The van der Waals surface area contributed by atoms with Crippen molar-refractivity contribution in [1.29, 1.82) is 0 Å². The molecule has 29 heavy (non-hydrogen) atoms. The molecular formula is C25H30N2O2. The Morgan fingerprint density at radius 1 is 1.14 bits per heavy atom. The molecule has 152 valence electrons. The predicted octanol–water partition coefficient (Wildman–Crippen LogP) is 4.60. The first kappa shape index (κ1) is 19.7. The Hall–Kier alpha value is -2.62. The van der Waals surface area contributed by atoms with Crippen molar-refractivity contribution >= 4 is 11.8 Å². The fourth-order valence-corrected chi connectivity index (χ4v) is 4.39. The normalized spacial score (nSPS) is 21.2. The van der Waals surface area contributed by atoms with Gasteiger partial charge in [0.25, 0.3) is 5.91 Å². The molecule has 2 amide bonds. The Balaban J connectivity index is 1.79. The SMILES string of the molecule is Cc1cccc(C2C(C(=O)NCCC(C)C)c3ccccc3C(=O)N2C2CC2)c1. The molecule has 1 N–H and O–H groups in total. The lowest BCUT2D eigenvalue weighted by Crippen LogP contribution is -2.48. The highest BCUT2D eigenvalue weighted by Gasteiger charge is 2.48. The fraction of sp³-hybridized carbons (Fsp3) is 0.440. The number of rotatable bonds is 6. The monoisotopic (exact) mass is 390 g/mol. The van der Waals surface area contributed by atoms with Crippen LogP contribution in [0, 0.1) is 12.8 Å². The molecule has 0 radical (unpaired) electrons. The van der Waals surface area contributed by atoms with Gasteiger partial charge in [-0.25, -0.2) is 0 Å². The van der Waals surface area contributed by atoms with E-state index in [0.717, 1.165) is 36.0 Å². The average molecular weight is 391 g/mol. The van der Waals surface area contributed by atoms with Crippen LogP contribution in [0.25, 0.3) is 0 Å². The van der Waals surface area contributed by atoms with Gasteiger partial charge in [0.05, 0.1) is 12.0 Å². The summed E-state index contributed by atoms with van der Waals surface area (Å²) in [6.07, 6.45) is 2.97. The number of aryl methyl sites for hydroxylation is 1. The van der Waals surface area contributed by atoms with E-state index in [1.165, 1.54) is 0 Å². The molecule has 1 fully saturated rings. The highest BCUT2D eigenvalue weighted by Crippen LogP contribution is 2.47. The Labute approximate surface area is 173 Å². The lowest BCUT2D eigenvalue weighted by molar-refractivity contribution is -0.124. The summed E-state index contributed by atoms with van der Waals surface area (Å²) < 4.78 is 0. The molecule has 0 aromatic heterocycles. The number of nitrogens with zero attached hydrogens (tertiary/aromatic N) is 1. The van der Waals surface area contributed by atoms with Crippen LogP contribution in [-0.2, 0) is 4.79 Å². The molecule has 2 aromatic carbocycles. The Morgan fingerprint density at radius 3 is 2.59 bits per heavy atom. The van der Waals surface area contributed by atoms with Gasteiger partial charge in [0.1, 0.15) is 0 Å². The summed E-state index contributed by atoms with van der Waals surface area (Å²) in [7, 11) is 0. The molecule has 2 atom stereocenters. The molecule has 1 aliphatic heterocycles. The zero-order valence-electron chi connectivity index (χ0n) is 17.5. The van der Waals surface area contributed by atoms with Gasteiger partial charge in [-0.3, -0.25) is 9.59 Å². The number of hydrogen-bond donors (Lipinski definition) is 1. The molecule has 2 aliphatic rings. The number of amides is 2. The van der Waals surface area contributed by atoms with Gasteiger partial charge in [-0.05, 0) is 49.3 Å². The summed E-state index contributed by atoms with van der Waals surface area (Å²) in [5.74, 6) is 0.216. The van der Waals surface area contributed by atoms with Crippen LogP contribution in [0.15, 0.2) is 48.5 Å². The fourth-order valence-electron chi connectivity index (χ4n) is 4.39. The van der Waals surface area contributed by atoms with E-state index in [4.69, 9.17) is 0 Å². The van der Waals surface area contributed by atoms with Gasteiger partial charge in [0, 0.05) is 18.2 Å². The maximum Gasteiger partial charge on any atom is 0.254 e. The van der Waals surface area contributed by atoms with E-state index in [2.05, 4.69) is 44.3 Å². The summed E-state index contributed by atoms with van der Waals surface area (Å²) in [6.45, 7) is 7.03. The molecule has 0 bridgehead atoms. The number of fused-ring (bicyclic) bond motifs is 1. The zero-order chi connectivity index (χ0) is 20.5. The Kier molecular flexibility index (Phi) is 5.44. The number of carbonyl (C=O) groups excluding carboxylic acids is 2. The van der Waals surface area contributed by atoms with Crippen LogP contribution in [0.4, 0.5) is 0 Å². The first-order chi connectivity index (χ1) is 14.0. The van der Waals surface area contributed by atoms with Gasteiger partial charge in [0.15, 0.2) is 0 Å². The molecule has 1 aliphatic carbocycles. The highest BCUT2D eigenvalue weighted by molar-refractivity contribution is 6.01. The first-order valence-electron chi connectivity index (χ1n) is 10.7. The molecule has 1 saturated carbocycles. The summed E-state index contributed by atoms with van der Waals surface area (Å²) >= 11 is 0. The van der Waals surface area contributed by atoms with E-state index >= 15 is 0 Å². The van der Waals surface area contributed by atoms with E-state index in [9.17, 15) is 9.59 Å². The first-order valence-corrected chi connectivity index (χ1v) is 10.7. The van der Waals surface area contributed by atoms with Crippen molar-refractivity contribution in [3.05, 3.63) is 70.8 Å². The second-order valence-electron chi connectivity index (χ2n) is 8.84. The van der Waals surface area contributed by atoms with Gasteiger partial charge in [0.2, 0.25) is 5.91 Å². The minimum absolute atomic E-state index is 0.0164. The van der Waals surface area contributed by atoms with Crippen molar-refractivity contribution < 1.29 is 9.59 Å². The van der Waals surface area contributed by atoms with Crippen molar-refractivity contribution in [2.24, 2.45) is 5.92 Å². The van der Waals surface area contributed by atoms with Crippen molar-refractivity contribution in [2.75, 3.05) is 6.54 Å². The van der Waals surface area contributed by atoms with Crippen LogP contribution in [0.2, 0.25) is 0 Å². The highest BCUT2D eigenvalue weighted by atomic mass is 16.2. The summed E-state index contributed by atoms with van der Waals surface area (Å²) in [5, 5.41) is 3.16. The lowest BCUT2D eigenvalue weighted by atomic mass is 9.78. The molecule has 2 aromatic rings. The Morgan fingerprint density at radius 2 is 1.90 bits per heavy atom. The molecule has 4 rings (SSSR count). The standard InChI is InChI=1S/C25H30N2O2/c1-16(2)13-14-26-24(28)22-20-9-4-5-10-21(20)25(29)27(19-11-12-19)23(22)18-8-6-7-17(3)15-18/h4-10,15-16,19,22-23H,11-14H2,1-3H3,(H,26,28). The minimum Gasteiger partial charge on any atom is -0.355 e. The van der Waals surface area contributed by atoms with Gasteiger partial charge in [-0.1, -0.05) is 61.9 Å². The van der Waals surface area contributed by atoms with Gasteiger partial charge in [-0.2, -0.15) is 0 Å². The zero-order valence-corrected chi connectivity index (χ0v) is 17.5. The van der Waals surface area contributed by atoms with Crippen molar-refractivity contribution in [3.8, 4) is 0 Å². The second kappa shape index (κ2) is 8.02.